The van der Waals surface area contributed by atoms with Crippen molar-refractivity contribution in [3.63, 3.8) is 0 Å². The summed E-state index contributed by atoms with van der Waals surface area (Å²) in [6.45, 7) is 1.06. The van der Waals surface area contributed by atoms with Crippen LogP contribution in [0.2, 0.25) is 0 Å². The zero-order valence-electron chi connectivity index (χ0n) is 12.4. The maximum Gasteiger partial charge on any atom is 0.387 e. The number of nitrogens with one attached hydrogen (secondary N) is 2. The Morgan fingerprint density at radius 2 is 1.91 bits per heavy atom. The van der Waals surface area contributed by atoms with Gasteiger partial charge in [0.2, 0.25) is 0 Å². The molecule has 22 heavy (non-hydrogen) atoms. The Morgan fingerprint density at radius 3 is 2.55 bits per heavy atom. The molecule has 1 aromatic carbocycles. The Bertz CT molecular complexity index is 462. The quantitative estimate of drug-likeness (QED) is 0.761. The highest BCUT2D eigenvalue weighted by Crippen LogP contribution is 2.17. The van der Waals surface area contributed by atoms with Crippen LogP contribution in [0.25, 0.3) is 0 Å². The number of hydrogen-bond acceptors (Lipinski definition) is 3. The number of nitrogens with zero attached hydrogens (tertiary/aromatic N) is 1. The lowest BCUT2D eigenvalue weighted by atomic mass is 10.3. The van der Waals surface area contributed by atoms with Crippen molar-refractivity contribution in [2.45, 2.75) is 25.9 Å². The van der Waals surface area contributed by atoms with Crippen LogP contribution in [0.15, 0.2) is 24.3 Å². The third-order valence-electron chi connectivity index (χ3n) is 3.47. The summed E-state index contributed by atoms with van der Waals surface area (Å²) >= 11 is 0. The van der Waals surface area contributed by atoms with Crippen molar-refractivity contribution in [2.75, 3.05) is 31.5 Å². The first-order valence-corrected chi connectivity index (χ1v) is 7.45. The predicted molar refractivity (Wildman–Crippen MR) is 80.4 cm³/mol. The van der Waals surface area contributed by atoms with Crippen LogP contribution in [0, 0.1) is 0 Å². The number of hydrogen-bond donors (Lipinski definition) is 2. The van der Waals surface area contributed by atoms with Crippen molar-refractivity contribution in [3.05, 3.63) is 24.3 Å². The van der Waals surface area contributed by atoms with Crippen LogP contribution in [0.1, 0.15) is 19.3 Å². The van der Waals surface area contributed by atoms with Gasteiger partial charge in [0.15, 0.2) is 0 Å². The van der Waals surface area contributed by atoms with Crippen LogP contribution in [0.5, 0.6) is 5.75 Å². The van der Waals surface area contributed by atoms with E-state index in [9.17, 15) is 13.6 Å². The molecule has 2 amide bonds. The minimum absolute atomic E-state index is 0.0616. The van der Waals surface area contributed by atoms with Gasteiger partial charge in [0.1, 0.15) is 5.75 Å². The number of likely N-dealkylation sites (tertiary alicyclic amines) is 1. The molecule has 1 heterocycles. The van der Waals surface area contributed by atoms with Crippen molar-refractivity contribution >= 4 is 11.7 Å². The van der Waals surface area contributed by atoms with Crippen LogP contribution in [-0.2, 0) is 0 Å². The molecule has 0 unspecified atom stereocenters. The van der Waals surface area contributed by atoms with E-state index in [2.05, 4.69) is 20.3 Å². The molecule has 0 saturated carbocycles. The summed E-state index contributed by atoms with van der Waals surface area (Å²) in [7, 11) is 0. The summed E-state index contributed by atoms with van der Waals surface area (Å²) in [5.74, 6) is 0.0616. The summed E-state index contributed by atoms with van der Waals surface area (Å²) in [6.07, 6.45) is 3.44. The van der Waals surface area contributed by atoms with Crippen molar-refractivity contribution in [2.24, 2.45) is 0 Å². The van der Waals surface area contributed by atoms with E-state index in [0.29, 0.717) is 12.2 Å². The fourth-order valence-electron chi connectivity index (χ4n) is 2.41. The van der Waals surface area contributed by atoms with Crippen LogP contribution in [0.3, 0.4) is 0 Å². The molecule has 0 spiro atoms. The lowest BCUT2D eigenvalue weighted by Gasteiger charge is -2.14. The highest BCUT2D eigenvalue weighted by Gasteiger charge is 2.10. The van der Waals surface area contributed by atoms with Gasteiger partial charge >= 0.3 is 12.6 Å². The van der Waals surface area contributed by atoms with Crippen LogP contribution in [0.4, 0.5) is 19.3 Å². The second-order valence-electron chi connectivity index (χ2n) is 5.19. The first-order valence-electron chi connectivity index (χ1n) is 7.45. The molecule has 0 aromatic heterocycles. The zero-order chi connectivity index (χ0) is 15.8. The van der Waals surface area contributed by atoms with Crippen molar-refractivity contribution in [3.8, 4) is 5.75 Å². The number of rotatable bonds is 7. The number of carbonyl (C=O) groups excluding carboxylic acids is 1. The van der Waals surface area contributed by atoms with Gasteiger partial charge in [-0.25, -0.2) is 4.79 Å². The largest absolute Gasteiger partial charge is 0.435 e. The van der Waals surface area contributed by atoms with E-state index in [1.54, 1.807) is 0 Å². The summed E-state index contributed by atoms with van der Waals surface area (Å²) in [5, 5.41) is 5.42. The first kappa shape index (κ1) is 16.5. The van der Waals surface area contributed by atoms with Gasteiger partial charge in [0.05, 0.1) is 0 Å². The molecule has 0 aliphatic carbocycles. The molecule has 2 N–H and O–H groups in total. The minimum Gasteiger partial charge on any atom is -0.435 e. The van der Waals surface area contributed by atoms with E-state index in [1.165, 1.54) is 37.1 Å². The molecular formula is C15H21F2N3O2. The monoisotopic (exact) mass is 313 g/mol. The van der Waals surface area contributed by atoms with Crippen molar-refractivity contribution in [1.29, 1.82) is 0 Å². The van der Waals surface area contributed by atoms with E-state index < -0.39 is 6.61 Å². The lowest BCUT2D eigenvalue weighted by molar-refractivity contribution is -0.0498. The van der Waals surface area contributed by atoms with Crippen molar-refractivity contribution in [1.82, 2.24) is 10.2 Å². The van der Waals surface area contributed by atoms with Gasteiger partial charge in [0, 0.05) is 12.2 Å². The molecule has 1 fully saturated rings. The molecule has 7 heteroatoms. The zero-order valence-corrected chi connectivity index (χ0v) is 12.4. The highest BCUT2D eigenvalue weighted by atomic mass is 19.3. The Balaban J connectivity index is 1.63. The van der Waals surface area contributed by atoms with Gasteiger partial charge in [-0.2, -0.15) is 8.78 Å². The summed E-state index contributed by atoms with van der Waals surface area (Å²) in [6, 6.07) is 5.50. The predicted octanol–water partition coefficient (Wildman–Crippen LogP) is 2.90. The molecule has 1 saturated heterocycles. The third-order valence-corrected chi connectivity index (χ3v) is 3.47. The molecule has 1 aliphatic rings. The van der Waals surface area contributed by atoms with Gasteiger partial charge in [-0.3, -0.25) is 0 Å². The molecule has 5 nitrogen and oxygen atoms in total. The van der Waals surface area contributed by atoms with E-state index in [0.717, 1.165) is 26.1 Å². The SMILES string of the molecule is O=C(NCCCN1CCCC1)Nc1ccc(OC(F)F)cc1. The number of amides is 2. The summed E-state index contributed by atoms with van der Waals surface area (Å²) in [4.78, 5) is 14.1. The number of carbonyl (C=O) groups is 1. The van der Waals surface area contributed by atoms with Gasteiger partial charge in [-0.1, -0.05) is 0 Å². The van der Waals surface area contributed by atoms with Crippen LogP contribution < -0.4 is 15.4 Å². The van der Waals surface area contributed by atoms with Gasteiger partial charge in [-0.05, 0) is 63.2 Å². The number of alkyl halides is 2. The first-order chi connectivity index (χ1) is 10.6. The number of anilines is 1. The van der Waals surface area contributed by atoms with E-state index in [1.807, 2.05) is 0 Å². The number of halogens is 2. The number of benzene rings is 1. The average Bonchev–Trinajstić information content (AvgIpc) is 2.98. The smallest absolute Gasteiger partial charge is 0.387 e. The van der Waals surface area contributed by atoms with E-state index >= 15 is 0 Å². The molecule has 1 aromatic rings. The topological polar surface area (TPSA) is 53.6 Å². The van der Waals surface area contributed by atoms with Gasteiger partial charge in [0.25, 0.3) is 0 Å². The average molecular weight is 313 g/mol. The molecule has 0 atom stereocenters. The maximum absolute atomic E-state index is 12.0. The van der Waals surface area contributed by atoms with Gasteiger partial charge < -0.3 is 20.3 Å². The van der Waals surface area contributed by atoms with E-state index in [4.69, 9.17) is 0 Å². The molecule has 122 valence electrons. The van der Waals surface area contributed by atoms with Crippen molar-refractivity contribution < 1.29 is 18.3 Å². The minimum atomic E-state index is -2.85. The van der Waals surface area contributed by atoms with Crippen LogP contribution >= 0.6 is 0 Å². The Kier molecular flexibility index (Phi) is 6.39. The lowest BCUT2D eigenvalue weighted by Crippen LogP contribution is -2.31. The second kappa shape index (κ2) is 8.53. The highest BCUT2D eigenvalue weighted by molar-refractivity contribution is 5.89. The molecule has 0 radical (unpaired) electrons. The van der Waals surface area contributed by atoms with Crippen LogP contribution in [-0.4, -0.2) is 43.7 Å². The standard InChI is InChI=1S/C15H21F2N3O2/c16-14(17)22-13-6-4-12(5-7-13)19-15(21)18-8-3-11-20-9-1-2-10-20/h4-7,14H,1-3,8-11H2,(H2,18,19,21). The third kappa shape index (κ3) is 5.85. The normalized spacial score (nSPS) is 15.0. The Morgan fingerprint density at radius 1 is 1.23 bits per heavy atom. The molecule has 1 aliphatic heterocycles. The van der Waals surface area contributed by atoms with E-state index in [-0.39, 0.29) is 11.8 Å². The number of ether oxygens (including phenoxy) is 1. The summed E-state index contributed by atoms with van der Waals surface area (Å²) in [5.41, 5.74) is 0.527. The second-order valence-corrected chi connectivity index (χ2v) is 5.19. The molecular weight excluding hydrogens is 292 g/mol. The summed E-state index contributed by atoms with van der Waals surface area (Å²) < 4.78 is 28.3. The van der Waals surface area contributed by atoms with Gasteiger partial charge in [-0.15, -0.1) is 0 Å². The fraction of sp³-hybridized carbons (Fsp3) is 0.533. The Labute approximate surface area is 128 Å². The molecule has 0 bridgehead atoms. The Hall–Kier alpha value is -1.89. The molecule has 2 rings (SSSR count). The number of urea groups is 1. The fourth-order valence-corrected chi connectivity index (χ4v) is 2.41. The maximum atomic E-state index is 12.0.